The maximum Gasteiger partial charge on any atom is 0.0442 e. The second kappa shape index (κ2) is 3.62. The van der Waals surface area contributed by atoms with Crippen LogP contribution in [-0.4, -0.2) is 19.6 Å². The molecule has 0 unspecified atom stereocenters. The van der Waals surface area contributed by atoms with Crippen LogP contribution in [0.3, 0.4) is 0 Å². The summed E-state index contributed by atoms with van der Waals surface area (Å²) in [6.07, 6.45) is 4.35. The lowest BCUT2D eigenvalue weighted by molar-refractivity contribution is 0.840. The molecule has 0 saturated carbocycles. The highest BCUT2D eigenvalue weighted by molar-refractivity contribution is 5.71. The maximum absolute atomic E-state index is 5.55. The van der Waals surface area contributed by atoms with E-state index in [0.717, 1.165) is 13.1 Å². The summed E-state index contributed by atoms with van der Waals surface area (Å²) in [6.45, 7) is 2.62. The van der Waals surface area contributed by atoms with Crippen molar-refractivity contribution in [1.82, 2.24) is 0 Å². The summed E-state index contributed by atoms with van der Waals surface area (Å²) >= 11 is 0. The predicted octanol–water partition coefficient (Wildman–Crippen LogP) is 1.48. The average Bonchev–Trinajstić information content (AvgIpc) is 2.19. The standard InChI is InChI=1S/C11H14N2/c12-7-9-13-8-3-5-10-4-1-2-6-11(10)13/h1-6H,7-9,12H2. The van der Waals surface area contributed by atoms with Gasteiger partial charge in [-0.15, -0.1) is 0 Å². The number of fused-ring (bicyclic) bond motifs is 1. The summed E-state index contributed by atoms with van der Waals surface area (Å²) in [7, 11) is 0. The molecule has 0 aromatic heterocycles. The molecule has 2 rings (SSSR count). The van der Waals surface area contributed by atoms with Crippen molar-refractivity contribution in [2.45, 2.75) is 0 Å². The molecule has 2 N–H and O–H groups in total. The van der Waals surface area contributed by atoms with Crippen LogP contribution >= 0.6 is 0 Å². The molecule has 1 aliphatic heterocycles. The van der Waals surface area contributed by atoms with E-state index in [-0.39, 0.29) is 0 Å². The smallest absolute Gasteiger partial charge is 0.0442 e. The fourth-order valence-corrected chi connectivity index (χ4v) is 1.69. The molecule has 13 heavy (non-hydrogen) atoms. The van der Waals surface area contributed by atoms with E-state index in [1.807, 2.05) is 0 Å². The van der Waals surface area contributed by atoms with Crippen LogP contribution < -0.4 is 10.6 Å². The number of hydrogen-bond acceptors (Lipinski definition) is 2. The van der Waals surface area contributed by atoms with Gasteiger partial charge in [-0.25, -0.2) is 0 Å². The Morgan fingerprint density at radius 1 is 1.31 bits per heavy atom. The van der Waals surface area contributed by atoms with Gasteiger partial charge in [0.2, 0.25) is 0 Å². The Bertz CT molecular complexity index is 318. The molecule has 0 atom stereocenters. The van der Waals surface area contributed by atoms with Crippen molar-refractivity contribution >= 4 is 11.8 Å². The summed E-state index contributed by atoms with van der Waals surface area (Å²) in [5, 5.41) is 0. The lowest BCUT2D eigenvalue weighted by atomic mass is 10.1. The van der Waals surface area contributed by atoms with Crippen molar-refractivity contribution in [1.29, 1.82) is 0 Å². The van der Waals surface area contributed by atoms with Gasteiger partial charge in [0.25, 0.3) is 0 Å². The van der Waals surface area contributed by atoms with Crippen LogP contribution in [0.15, 0.2) is 30.3 Å². The lowest BCUT2D eigenvalue weighted by Gasteiger charge is -2.27. The molecule has 1 aromatic rings. The van der Waals surface area contributed by atoms with Crippen LogP contribution in [-0.2, 0) is 0 Å². The van der Waals surface area contributed by atoms with Gasteiger partial charge in [-0.2, -0.15) is 0 Å². The summed E-state index contributed by atoms with van der Waals surface area (Å²) in [6, 6.07) is 8.42. The lowest BCUT2D eigenvalue weighted by Crippen LogP contribution is -2.31. The highest BCUT2D eigenvalue weighted by Crippen LogP contribution is 2.24. The van der Waals surface area contributed by atoms with Crippen molar-refractivity contribution in [3.63, 3.8) is 0 Å². The Morgan fingerprint density at radius 2 is 2.15 bits per heavy atom. The summed E-state index contributed by atoms with van der Waals surface area (Å²) in [5.74, 6) is 0. The van der Waals surface area contributed by atoms with Crippen LogP contribution in [0.1, 0.15) is 5.56 Å². The first kappa shape index (κ1) is 8.32. The Kier molecular flexibility index (Phi) is 2.32. The molecule has 1 heterocycles. The third-order valence-corrected chi connectivity index (χ3v) is 2.30. The minimum absolute atomic E-state index is 0.710. The highest BCUT2D eigenvalue weighted by Gasteiger charge is 2.10. The maximum atomic E-state index is 5.55. The zero-order chi connectivity index (χ0) is 9.10. The molecule has 0 spiro atoms. The summed E-state index contributed by atoms with van der Waals surface area (Å²) in [5.41, 5.74) is 8.15. The molecule has 0 amide bonds. The van der Waals surface area contributed by atoms with Crippen molar-refractivity contribution in [2.24, 2.45) is 5.73 Å². The van der Waals surface area contributed by atoms with Crippen LogP contribution in [0, 0.1) is 0 Å². The minimum Gasteiger partial charge on any atom is -0.366 e. The van der Waals surface area contributed by atoms with Crippen molar-refractivity contribution in [2.75, 3.05) is 24.5 Å². The van der Waals surface area contributed by atoms with Gasteiger partial charge < -0.3 is 10.6 Å². The second-order valence-electron chi connectivity index (χ2n) is 3.20. The van der Waals surface area contributed by atoms with E-state index in [1.54, 1.807) is 0 Å². The van der Waals surface area contributed by atoms with Gasteiger partial charge in [-0.3, -0.25) is 0 Å². The quantitative estimate of drug-likeness (QED) is 0.735. The second-order valence-corrected chi connectivity index (χ2v) is 3.20. The average molecular weight is 174 g/mol. The van der Waals surface area contributed by atoms with Crippen molar-refractivity contribution < 1.29 is 0 Å². The van der Waals surface area contributed by atoms with E-state index in [0.29, 0.717) is 6.54 Å². The van der Waals surface area contributed by atoms with Gasteiger partial charge in [0.1, 0.15) is 0 Å². The number of hydrogen-bond donors (Lipinski definition) is 1. The van der Waals surface area contributed by atoms with Gasteiger partial charge in [0.05, 0.1) is 0 Å². The number of rotatable bonds is 2. The van der Waals surface area contributed by atoms with E-state index in [4.69, 9.17) is 5.73 Å². The zero-order valence-electron chi connectivity index (χ0n) is 7.61. The fourth-order valence-electron chi connectivity index (χ4n) is 1.69. The van der Waals surface area contributed by atoms with Gasteiger partial charge in [-0.1, -0.05) is 30.4 Å². The summed E-state index contributed by atoms with van der Waals surface area (Å²) in [4.78, 5) is 2.30. The van der Waals surface area contributed by atoms with Gasteiger partial charge in [0, 0.05) is 25.3 Å². The van der Waals surface area contributed by atoms with E-state index in [1.165, 1.54) is 11.3 Å². The molecule has 0 fully saturated rings. The van der Waals surface area contributed by atoms with Crippen LogP contribution in [0.25, 0.3) is 6.08 Å². The van der Waals surface area contributed by atoms with Crippen molar-refractivity contribution in [3.8, 4) is 0 Å². The molecular formula is C11H14N2. The molecule has 1 aromatic carbocycles. The molecule has 0 bridgehead atoms. The molecule has 0 saturated heterocycles. The number of para-hydroxylation sites is 1. The highest BCUT2D eigenvalue weighted by atomic mass is 15.1. The largest absolute Gasteiger partial charge is 0.366 e. The zero-order valence-corrected chi connectivity index (χ0v) is 7.61. The predicted molar refractivity (Wildman–Crippen MR) is 56.7 cm³/mol. The Morgan fingerprint density at radius 3 is 3.00 bits per heavy atom. The fraction of sp³-hybridized carbons (Fsp3) is 0.273. The van der Waals surface area contributed by atoms with E-state index < -0.39 is 0 Å². The third-order valence-electron chi connectivity index (χ3n) is 2.30. The molecule has 0 aliphatic carbocycles. The van der Waals surface area contributed by atoms with E-state index >= 15 is 0 Å². The molecule has 2 nitrogen and oxygen atoms in total. The van der Waals surface area contributed by atoms with Gasteiger partial charge in [-0.05, 0) is 11.6 Å². The van der Waals surface area contributed by atoms with E-state index in [9.17, 15) is 0 Å². The minimum atomic E-state index is 0.710. The number of anilines is 1. The van der Waals surface area contributed by atoms with Crippen LogP contribution in [0.2, 0.25) is 0 Å². The monoisotopic (exact) mass is 174 g/mol. The van der Waals surface area contributed by atoms with Crippen LogP contribution in [0.5, 0.6) is 0 Å². The van der Waals surface area contributed by atoms with Gasteiger partial charge >= 0.3 is 0 Å². The molecule has 0 radical (unpaired) electrons. The normalized spacial score (nSPS) is 14.4. The molecule has 2 heteroatoms. The van der Waals surface area contributed by atoms with Crippen molar-refractivity contribution in [3.05, 3.63) is 35.9 Å². The SMILES string of the molecule is NCCN1CC=Cc2ccccc21. The number of benzene rings is 1. The Labute approximate surface area is 78.7 Å². The first-order valence-electron chi connectivity index (χ1n) is 4.62. The molecule has 68 valence electrons. The number of nitrogens with zero attached hydrogens (tertiary/aromatic N) is 1. The topological polar surface area (TPSA) is 29.3 Å². The molecular weight excluding hydrogens is 160 g/mol. The Hall–Kier alpha value is -1.28. The summed E-state index contributed by atoms with van der Waals surface area (Å²) < 4.78 is 0. The first-order chi connectivity index (χ1) is 6.42. The third kappa shape index (κ3) is 1.58. The first-order valence-corrected chi connectivity index (χ1v) is 4.62. The van der Waals surface area contributed by atoms with E-state index in [2.05, 4.69) is 41.3 Å². The number of nitrogens with two attached hydrogens (primary N) is 1. The molecule has 1 aliphatic rings. The van der Waals surface area contributed by atoms with Crippen LogP contribution in [0.4, 0.5) is 5.69 Å². The Balaban J connectivity index is 2.32. The van der Waals surface area contributed by atoms with Gasteiger partial charge in [0.15, 0.2) is 0 Å².